The van der Waals surface area contributed by atoms with E-state index in [4.69, 9.17) is 4.52 Å². The first kappa shape index (κ1) is 12.8. The number of nitrogens with one attached hydrogen (secondary N) is 1. The summed E-state index contributed by atoms with van der Waals surface area (Å²) in [5.41, 5.74) is 1.58. The summed E-state index contributed by atoms with van der Waals surface area (Å²) in [6.07, 6.45) is 2.19. The number of rotatable bonds is 4. The van der Waals surface area contributed by atoms with Crippen LogP contribution in [0.25, 0.3) is 0 Å². The summed E-state index contributed by atoms with van der Waals surface area (Å²) >= 11 is 0. The molecule has 5 heteroatoms. The summed E-state index contributed by atoms with van der Waals surface area (Å²) in [7, 11) is 0. The molecule has 1 heterocycles. The molecule has 1 aromatic carbocycles. The lowest BCUT2D eigenvalue weighted by Crippen LogP contribution is -2.23. The molecule has 0 aliphatic heterocycles. The third-order valence-electron chi connectivity index (χ3n) is 3.43. The summed E-state index contributed by atoms with van der Waals surface area (Å²) in [6.45, 7) is 1.97. The van der Waals surface area contributed by atoms with Crippen LogP contribution < -0.4 is 5.32 Å². The molecule has 0 atom stereocenters. The van der Waals surface area contributed by atoms with Gasteiger partial charge < -0.3 is 9.84 Å². The van der Waals surface area contributed by atoms with Crippen LogP contribution in [-0.2, 0) is 6.54 Å². The smallest absolute Gasteiger partial charge is 0.273 e. The first-order valence-corrected chi connectivity index (χ1v) is 6.63. The van der Waals surface area contributed by atoms with Gasteiger partial charge in [0, 0.05) is 18.5 Å². The van der Waals surface area contributed by atoms with E-state index >= 15 is 0 Å². The number of halogens is 1. The lowest BCUT2D eigenvalue weighted by molar-refractivity contribution is 0.0941. The highest BCUT2D eigenvalue weighted by Crippen LogP contribution is 2.40. The normalized spacial score (nSPS) is 14.3. The molecule has 1 N–H and O–H groups in total. The van der Waals surface area contributed by atoms with Crippen LogP contribution in [0.15, 0.2) is 28.8 Å². The van der Waals surface area contributed by atoms with Crippen molar-refractivity contribution in [3.63, 3.8) is 0 Å². The van der Waals surface area contributed by atoms with Crippen molar-refractivity contribution in [1.29, 1.82) is 0 Å². The number of benzene rings is 1. The van der Waals surface area contributed by atoms with Gasteiger partial charge in [0.1, 0.15) is 11.6 Å². The van der Waals surface area contributed by atoms with Crippen molar-refractivity contribution >= 4 is 5.91 Å². The molecule has 2 aromatic rings. The molecule has 0 unspecified atom stereocenters. The summed E-state index contributed by atoms with van der Waals surface area (Å²) in [4.78, 5) is 11.9. The van der Waals surface area contributed by atoms with Crippen LogP contribution in [0.4, 0.5) is 4.39 Å². The Bertz CT molecular complexity index is 647. The van der Waals surface area contributed by atoms with E-state index in [1.165, 1.54) is 6.07 Å². The van der Waals surface area contributed by atoms with E-state index in [0.717, 1.165) is 18.6 Å². The first-order valence-electron chi connectivity index (χ1n) is 6.63. The number of aromatic nitrogens is 1. The minimum Gasteiger partial charge on any atom is -0.360 e. The standard InChI is InChI=1S/C15H15FN2O2/c1-9-2-3-10(6-12(9)16)8-17-15(19)13-7-14(20-18-13)11-4-5-11/h2-3,6-7,11H,4-5,8H2,1H3,(H,17,19). The zero-order valence-electron chi connectivity index (χ0n) is 11.1. The number of hydrogen-bond donors (Lipinski definition) is 1. The molecule has 0 radical (unpaired) electrons. The van der Waals surface area contributed by atoms with E-state index in [0.29, 0.717) is 17.0 Å². The molecular formula is C15H15FN2O2. The summed E-state index contributed by atoms with van der Waals surface area (Å²) in [6, 6.07) is 6.59. The van der Waals surface area contributed by atoms with Crippen molar-refractivity contribution in [3.8, 4) is 0 Å². The van der Waals surface area contributed by atoms with Gasteiger partial charge in [-0.15, -0.1) is 0 Å². The van der Waals surface area contributed by atoms with Crippen molar-refractivity contribution in [2.24, 2.45) is 0 Å². The molecule has 1 amide bonds. The number of aryl methyl sites for hydroxylation is 1. The van der Waals surface area contributed by atoms with E-state index in [1.54, 1.807) is 25.1 Å². The highest BCUT2D eigenvalue weighted by molar-refractivity contribution is 5.92. The van der Waals surface area contributed by atoms with Crippen LogP contribution >= 0.6 is 0 Å². The molecule has 4 nitrogen and oxygen atoms in total. The van der Waals surface area contributed by atoms with Gasteiger partial charge in [-0.1, -0.05) is 17.3 Å². The zero-order chi connectivity index (χ0) is 14.1. The fraction of sp³-hybridized carbons (Fsp3) is 0.333. The fourth-order valence-electron chi connectivity index (χ4n) is 1.98. The monoisotopic (exact) mass is 274 g/mol. The molecule has 104 valence electrons. The van der Waals surface area contributed by atoms with E-state index in [-0.39, 0.29) is 24.0 Å². The maximum atomic E-state index is 13.4. The molecule has 20 heavy (non-hydrogen) atoms. The van der Waals surface area contributed by atoms with Gasteiger partial charge in [0.2, 0.25) is 0 Å². The van der Waals surface area contributed by atoms with Gasteiger partial charge in [0.05, 0.1) is 0 Å². The lowest BCUT2D eigenvalue weighted by Gasteiger charge is -2.04. The van der Waals surface area contributed by atoms with Crippen molar-refractivity contribution in [1.82, 2.24) is 10.5 Å². The quantitative estimate of drug-likeness (QED) is 0.932. The number of carbonyl (C=O) groups is 1. The topological polar surface area (TPSA) is 55.1 Å². The van der Waals surface area contributed by atoms with Crippen LogP contribution in [0, 0.1) is 12.7 Å². The third-order valence-corrected chi connectivity index (χ3v) is 3.43. The highest BCUT2D eigenvalue weighted by atomic mass is 19.1. The van der Waals surface area contributed by atoms with E-state index < -0.39 is 0 Å². The molecule has 0 saturated heterocycles. The Kier molecular flexibility index (Phi) is 3.26. The van der Waals surface area contributed by atoms with Crippen LogP contribution in [-0.4, -0.2) is 11.1 Å². The molecule has 1 aliphatic rings. The molecule has 1 aliphatic carbocycles. The molecule has 0 bridgehead atoms. The summed E-state index contributed by atoms with van der Waals surface area (Å²) in [5.74, 6) is 0.627. The Balaban J connectivity index is 1.61. The average molecular weight is 274 g/mol. The van der Waals surface area contributed by atoms with Gasteiger partial charge in [-0.25, -0.2) is 4.39 Å². The molecule has 1 saturated carbocycles. The lowest BCUT2D eigenvalue weighted by atomic mass is 10.1. The van der Waals surface area contributed by atoms with Gasteiger partial charge in [0.25, 0.3) is 5.91 Å². The highest BCUT2D eigenvalue weighted by Gasteiger charge is 2.28. The first-order chi connectivity index (χ1) is 9.63. The maximum Gasteiger partial charge on any atom is 0.273 e. The number of hydrogen-bond acceptors (Lipinski definition) is 3. The number of carbonyl (C=O) groups excluding carboxylic acids is 1. The maximum absolute atomic E-state index is 13.4. The molecule has 0 spiro atoms. The second kappa shape index (κ2) is 5.07. The minimum absolute atomic E-state index is 0.266. The van der Waals surface area contributed by atoms with Gasteiger partial charge >= 0.3 is 0 Å². The Morgan fingerprint density at radius 1 is 1.45 bits per heavy atom. The van der Waals surface area contributed by atoms with Crippen LogP contribution in [0.2, 0.25) is 0 Å². The molecule has 3 rings (SSSR count). The van der Waals surface area contributed by atoms with Crippen molar-refractivity contribution in [3.05, 3.63) is 52.7 Å². The van der Waals surface area contributed by atoms with E-state index in [9.17, 15) is 9.18 Å². The van der Waals surface area contributed by atoms with Gasteiger partial charge in [-0.05, 0) is 37.0 Å². The zero-order valence-corrected chi connectivity index (χ0v) is 11.1. The Labute approximate surface area is 116 Å². The average Bonchev–Trinajstić information content (AvgIpc) is 3.17. The summed E-state index contributed by atoms with van der Waals surface area (Å²) in [5, 5.41) is 6.47. The SMILES string of the molecule is Cc1ccc(CNC(=O)c2cc(C3CC3)on2)cc1F. The fourth-order valence-corrected chi connectivity index (χ4v) is 1.98. The second-order valence-corrected chi connectivity index (χ2v) is 5.16. The van der Waals surface area contributed by atoms with Crippen LogP contribution in [0.3, 0.4) is 0 Å². The van der Waals surface area contributed by atoms with Gasteiger partial charge in [-0.3, -0.25) is 4.79 Å². The van der Waals surface area contributed by atoms with Crippen molar-refractivity contribution in [2.75, 3.05) is 0 Å². The van der Waals surface area contributed by atoms with Crippen LogP contribution in [0.5, 0.6) is 0 Å². The Morgan fingerprint density at radius 3 is 2.95 bits per heavy atom. The van der Waals surface area contributed by atoms with Crippen molar-refractivity contribution in [2.45, 2.75) is 32.2 Å². The van der Waals surface area contributed by atoms with E-state index in [1.807, 2.05) is 0 Å². The third kappa shape index (κ3) is 2.71. The number of amides is 1. The number of nitrogens with zero attached hydrogens (tertiary/aromatic N) is 1. The Morgan fingerprint density at radius 2 is 2.25 bits per heavy atom. The largest absolute Gasteiger partial charge is 0.360 e. The van der Waals surface area contributed by atoms with E-state index in [2.05, 4.69) is 10.5 Å². The van der Waals surface area contributed by atoms with Crippen LogP contribution in [0.1, 0.15) is 46.1 Å². The molecular weight excluding hydrogens is 259 g/mol. The molecule has 1 fully saturated rings. The van der Waals surface area contributed by atoms with Gasteiger partial charge in [-0.2, -0.15) is 0 Å². The molecule has 1 aromatic heterocycles. The summed E-state index contributed by atoms with van der Waals surface area (Å²) < 4.78 is 18.5. The van der Waals surface area contributed by atoms with Gasteiger partial charge in [0.15, 0.2) is 5.69 Å². The minimum atomic E-state index is -0.304. The predicted octanol–water partition coefficient (Wildman–Crippen LogP) is 2.93. The van der Waals surface area contributed by atoms with Crippen molar-refractivity contribution < 1.29 is 13.7 Å². The second-order valence-electron chi connectivity index (χ2n) is 5.16. The Hall–Kier alpha value is -2.17. The predicted molar refractivity (Wildman–Crippen MR) is 70.8 cm³/mol.